The molecule has 1 aliphatic rings. The largest absolute Gasteiger partial charge is 0.481 e. The zero-order chi connectivity index (χ0) is 15.8. The molecule has 4 heteroatoms. The molecule has 1 aromatic carbocycles. The van der Waals surface area contributed by atoms with Crippen LogP contribution in [0.1, 0.15) is 31.9 Å². The molecule has 0 heterocycles. The number of carboxylic acids is 1. The van der Waals surface area contributed by atoms with Crippen LogP contribution in [0.3, 0.4) is 0 Å². The van der Waals surface area contributed by atoms with Gasteiger partial charge in [0.25, 0.3) is 0 Å². The topological polar surface area (TPSA) is 66.4 Å². The predicted octanol–water partition coefficient (Wildman–Crippen LogP) is 2.40. The third-order valence-electron chi connectivity index (χ3n) is 4.55. The van der Waals surface area contributed by atoms with Crippen molar-refractivity contribution in [3.8, 4) is 0 Å². The molecule has 3 atom stereocenters. The molecule has 0 radical (unpaired) electrons. The molecule has 1 aliphatic carbocycles. The van der Waals surface area contributed by atoms with Crippen molar-refractivity contribution in [2.24, 2.45) is 17.3 Å². The van der Waals surface area contributed by atoms with Crippen LogP contribution >= 0.6 is 0 Å². The number of hydrogen-bond donors (Lipinski definition) is 2. The SMILES string of the molecule is Cc1ccccc1CC(C)NC(=O)[C@H]1[C@@H](C(=O)O)C1(C)C. The van der Waals surface area contributed by atoms with Gasteiger partial charge < -0.3 is 10.4 Å². The van der Waals surface area contributed by atoms with Crippen LogP contribution in [0.5, 0.6) is 0 Å². The molecule has 1 fully saturated rings. The first-order valence-corrected chi connectivity index (χ1v) is 7.33. The van der Waals surface area contributed by atoms with E-state index in [1.165, 1.54) is 11.1 Å². The number of carbonyl (C=O) groups is 2. The third kappa shape index (κ3) is 3.09. The van der Waals surface area contributed by atoms with E-state index in [0.29, 0.717) is 0 Å². The summed E-state index contributed by atoms with van der Waals surface area (Å²) in [7, 11) is 0. The minimum absolute atomic E-state index is 0.00977. The van der Waals surface area contributed by atoms with Crippen molar-refractivity contribution in [1.82, 2.24) is 5.32 Å². The number of hydrogen-bond acceptors (Lipinski definition) is 2. The summed E-state index contributed by atoms with van der Waals surface area (Å²) in [6.07, 6.45) is 0.753. The van der Waals surface area contributed by atoms with Crippen molar-refractivity contribution in [1.29, 1.82) is 0 Å². The van der Waals surface area contributed by atoms with Crippen molar-refractivity contribution < 1.29 is 14.7 Å². The van der Waals surface area contributed by atoms with Gasteiger partial charge in [0.15, 0.2) is 0 Å². The molecule has 2 N–H and O–H groups in total. The quantitative estimate of drug-likeness (QED) is 0.874. The van der Waals surface area contributed by atoms with E-state index >= 15 is 0 Å². The average molecular weight is 289 g/mol. The van der Waals surface area contributed by atoms with Gasteiger partial charge in [-0.3, -0.25) is 9.59 Å². The summed E-state index contributed by atoms with van der Waals surface area (Å²) in [6.45, 7) is 7.67. The second kappa shape index (κ2) is 5.51. The van der Waals surface area contributed by atoms with Crippen LogP contribution in [0.4, 0.5) is 0 Å². The van der Waals surface area contributed by atoms with Gasteiger partial charge in [0.05, 0.1) is 11.8 Å². The minimum Gasteiger partial charge on any atom is -0.481 e. The highest BCUT2D eigenvalue weighted by atomic mass is 16.4. The first kappa shape index (κ1) is 15.5. The van der Waals surface area contributed by atoms with Crippen LogP contribution in [0.25, 0.3) is 0 Å². The van der Waals surface area contributed by atoms with Crippen molar-refractivity contribution in [2.45, 2.75) is 40.2 Å². The van der Waals surface area contributed by atoms with Gasteiger partial charge in [-0.25, -0.2) is 0 Å². The predicted molar refractivity (Wildman–Crippen MR) is 80.9 cm³/mol. The van der Waals surface area contributed by atoms with E-state index < -0.39 is 23.2 Å². The Labute approximate surface area is 125 Å². The minimum atomic E-state index is -0.883. The fourth-order valence-electron chi connectivity index (χ4n) is 3.14. The second-order valence-electron chi connectivity index (χ2n) is 6.66. The summed E-state index contributed by atoms with van der Waals surface area (Å²) < 4.78 is 0. The molecule has 0 saturated heterocycles. The first-order chi connectivity index (χ1) is 9.75. The Hall–Kier alpha value is -1.84. The lowest BCUT2D eigenvalue weighted by molar-refractivity contribution is -0.140. The zero-order valence-electron chi connectivity index (χ0n) is 13.0. The van der Waals surface area contributed by atoms with Gasteiger partial charge in [0.1, 0.15) is 0 Å². The van der Waals surface area contributed by atoms with Gasteiger partial charge in [-0.05, 0) is 36.8 Å². The number of rotatable bonds is 5. The van der Waals surface area contributed by atoms with Crippen LogP contribution in [0, 0.1) is 24.2 Å². The van der Waals surface area contributed by atoms with E-state index in [1.54, 1.807) is 0 Å². The normalized spacial score (nSPS) is 24.2. The molecule has 1 aromatic rings. The molecule has 0 aromatic heterocycles. The van der Waals surface area contributed by atoms with Gasteiger partial charge in [0.2, 0.25) is 5.91 Å². The number of benzene rings is 1. The summed E-state index contributed by atoms with van der Waals surface area (Å²) >= 11 is 0. The highest BCUT2D eigenvalue weighted by Crippen LogP contribution is 2.58. The van der Waals surface area contributed by atoms with Crippen LogP contribution < -0.4 is 5.32 Å². The molecule has 1 amide bonds. The molecule has 114 valence electrons. The maximum Gasteiger partial charge on any atom is 0.307 e. The summed E-state index contributed by atoms with van der Waals surface area (Å²) in [4.78, 5) is 23.4. The molecule has 1 saturated carbocycles. The number of aryl methyl sites for hydroxylation is 1. The number of amides is 1. The van der Waals surface area contributed by atoms with E-state index in [-0.39, 0.29) is 11.9 Å². The second-order valence-corrected chi connectivity index (χ2v) is 6.66. The Morgan fingerprint density at radius 2 is 1.90 bits per heavy atom. The van der Waals surface area contributed by atoms with Crippen molar-refractivity contribution in [3.63, 3.8) is 0 Å². The summed E-state index contributed by atoms with van der Waals surface area (Å²) in [5.41, 5.74) is 1.96. The maximum absolute atomic E-state index is 12.2. The molecular weight excluding hydrogens is 266 g/mol. The molecule has 1 unspecified atom stereocenters. The van der Waals surface area contributed by atoms with Crippen LogP contribution in [0.15, 0.2) is 24.3 Å². The number of carbonyl (C=O) groups excluding carboxylic acids is 1. The van der Waals surface area contributed by atoms with Crippen LogP contribution in [-0.2, 0) is 16.0 Å². The van der Waals surface area contributed by atoms with Crippen molar-refractivity contribution in [2.75, 3.05) is 0 Å². The lowest BCUT2D eigenvalue weighted by Crippen LogP contribution is -2.36. The first-order valence-electron chi connectivity index (χ1n) is 7.33. The Kier molecular flexibility index (Phi) is 4.08. The van der Waals surface area contributed by atoms with E-state index in [4.69, 9.17) is 5.11 Å². The smallest absolute Gasteiger partial charge is 0.307 e. The Bertz CT molecular complexity index is 565. The fourth-order valence-corrected chi connectivity index (χ4v) is 3.14. The highest BCUT2D eigenvalue weighted by molar-refractivity contribution is 5.91. The average Bonchev–Trinajstić information content (AvgIpc) is 2.95. The number of carboxylic acid groups (broad SMARTS) is 1. The number of nitrogens with one attached hydrogen (secondary N) is 1. The molecule has 0 aliphatic heterocycles. The zero-order valence-corrected chi connectivity index (χ0v) is 13.0. The molecule has 0 spiro atoms. The molecular formula is C17H23NO3. The number of aliphatic carboxylic acids is 1. The third-order valence-corrected chi connectivity index (χ3v) is 4.55. The van der Waals surface area contributed by atoms with Gasteiger partial charge in [-0.2, -0.15) is 0 Å². The highest BCUT2D eigenvalue weighted by Gasteiger charge is 2.65. The maximum atomic E-state index is 12.2. The summed E-state index contributed by atoms with van der Waals surface area (Å²) in [6, 6.07) is 8.07. The molecule has 4 nitrogen and oxygen atoms in total. The molecule has 2 rings (SSSR count). The van der Waals surface area contributed by atoms with Gasteiger partial charge in [-0.15, -0.1) is 0 Å². The van der Waals surface area contributed by atoms with Gasteiger partial charge >= 0.3 is 5.97 Å². The van der Waals surface area contributed by atoms with Crippen molar-refractivity contribution >= 4 is 11.9 Å². The molecule has 0 bridgehead atoms. The van der Waals surface area contributed by atoms with E-state index in [9.17, 15) is 9.59 Å². The van der Waals surface area contributed by atoms with Crippen LogP contribution in [0.2, 0.25) is 0 Å². The molecule has 21 heavy (non-hydrogen) atoms. The van der Waals surface area contributed by atoms with Crippen molar-refractivity contribution in [3.05, 3.63) is 35.4 Å². The summed E-state index contributed by atoms with van der Waals surface area (Å²) in [5.74, 6) is -2.02. The summed E-state index contributed by atoms with van der Waals surface area (Å²) in [5, 5.41) is 12.1. The van der Waals surface area contributed by atoms with E-state index in [2.05, 4.69) is 11.4 Å². The van der Waals surface area contributed by atoms with E-state index in [0.717, 1.165) is 6.42 Å². The fraction of sp³-hybridized carbons (Fsp3) is 0.529. The standard InChI is InChI=1S/C17H23NO3/c1-10-7-5-6-8-12(10)9-11(2)18-15(19)13-14(16(20)21)17(13,3)4/h5-8,11,13-14H,9H2,1-4H3,(H,18,19)(H,20,21)/t11?,13-,14+/m1/s1. The Morgan fingerprint density at radius 3 is 2.43 bits per heavy atom. The van der Waals surface area contributed by atoms with Gasteiger partial charge in [-0.1, -0.05) is 38.1 Å². The lowest BCUT2D eigenvalue weighted by atomic mass is 10.0. The monoisotopic (exact) mass is 289 g/mol. The van der Waals surface area contributed by atoms with Crippen LogP contribution in [-0.4, -0.2) is 23.0 Å². The Balaban J connectivity index is 1.95. The Morgan fingerprint density at radius 1 is 1.29 bits per heavy atom. The van der Waals surface area contributed by atoms with E-state index in [1.807, 2.05) is 45.9 Å². The lowest BCUT2D eigenvalue weighted by Gasteiger charge is -2.16. The van der Waals surface area contributed by atoms with Gasteiger partial charge in [0, 0.05) is 6.04 Å².